The summed E-state index contributed by atoms with van der Waals surface area (Å²) >= 11 is 0. The van der Waals surface area contributed by atoms with E-state index in [-0.39, 0.29) is 11.8 Å². The van der Waals surface area contributed by atoms with Gasteiger partial charge in [0.05, 0.1) is 11.9 Å². The summed E-state index contributed by atoms with van der Waals surface area (Å²) in [6, 6.07) is 5.57. The molecular weight excluding hydrogens is 288 g/mol. The molecule has 0 spiro atoms. The van der Waals surface area contributed by atoms with Crippen LogP contribution in [-0.2, 0) is 21.2 Å². The number of rotatable bonds is 3. The summed E-state index contributed by atoms with van der Waals surface area (Å²) in [7, 11) is -3.27. The number of benzene rings is 1. The van der Waals surface area contributed by atoms with Crippen molar-refractivity contribution in [1.29, 1.82) is 0 Å². The molecule has 1 heterocycles. The first-order chi connectivity index (χ1) is 9.95. The lowest BCUT2D eigenvalue weighted by molar-refractivity contribution is -0.122. The summed E-state index contributed by atoms with van der Waals surface area (Å²) in [4.78, 5) is 12.0. The van der Waals surface area contributed by atoms with E-state index in [9.17, 15) is 13.2 Å². The highest BCUT2D eigenvalue weighted by atomic mass is 32.2. The molecule has 1 aliphatic carbocycles. The maximum atomic E-state index is 12.0. The molecule has 114 valence electrons. The molecule has 0 bridgehead atoms. The molecule has 1 aromatic rings. The Balaban J connectivity index is 1.86. The molecule has 0 unspecified atom stereocenters. The number of fused-ring (bicyclic) bond motifs is 1. The largest absolute Gasteiger partial charge is 0.326 e. The van der Waals surface area contributed by atoms with Gasteiger partial charge in [0.25, 0.3) is 0 Å². The Morgan fingerprint density at radius 2 is 2.05 bits per heavy atom. The van der Waals surface area contributed by atoms with E-state index in [4.69, 9.17) is 0 Å². The van der Waals surface area contributed by atoms with Crippen molar-refractivity contribution in [3.8, 4) is 0 Å². The second-order valence-electron chi connectivity index (χ2n) is 5.90. The number of hydrogen-bond donors (Lipinski definition) is 1. The van der Waals surface area contributed by atoms with Crippen molar-refractivity contribution in [3.63, 3.8) is 0 Å². The zero-order chi connectivity index (χ0) is 15.0. The minimum Gasteiger partial charge on any atom is -0.326 e. The van der Waals surface area contributed by atoms with Crippen LogP contribution in [0.3, 0.4) is 0 Å². The molecule has 1 aromatic carbocycles. The maximum Gasteiger partial charge on any atom is 0.232 e. The van der Waals surface area contributed by atoms with Crippen molar-refractivity contribution in [2.24, 2.45) is 5.92 Å². The number of sulfonamides is 1. The summed E-state index contributed by atoms with van der Waals surface area (Å²) in [5.74, 6) is 0.162. The average molecular weight is 308 g/mol. The Morgan fingerprint density at radius 3 is 2.67 bits per heavy atom. The van der Waals surface area contributed by atoms with Crippen LogP contribution in [0.1, 0.15) is 31.2 Å². The molecule has 2 aliphatic rings. The van der Waals surface area contributed by atoms with Gasteiger partial charge < -0.3 is 5.32 Å². The smallest absolute Gasteiger partial charge is 0.232 e. The highest BCUT2D eigenvalue weighted by Crippen LogP contribution is 2.33. The van der Waals surface area contributed by atoms with Gasteiger partial charge in [-0.05, 0) is 43.4 Å². The Kier molecular flexibility index (Phi) is 3.65. The molecule has 0 saturated heterocycles. The number of anilines is 2. The monoisotopic (exact) mass is 308 g/mol. The number of hydrogen-bond acceptors (Lipinski definition) is 3. The fourth-order valence-electron chi connectivity index (χ4n) is 2.88. The first-order valence-corrected chi connectivity index (χ1v) is 9.21. The standard InChI is InChI=1S/C15H20N2O3S/c1-21(19,20)17-9-3-6-11-7-8-13(10-14(11)17)16-15(18)12-4-2-5-12/h7-8,10,12H,2-6,9H2,1H3,(H,16,18). The van der Waals surface area contributed by atoms with Crippen LogP contribution in [0.25, 0.3) is 0 Å². The van der Waals surface area contributed by atoms with Crippen molar-refractivity contribution >= 4 is 27.3 Å². The molecule has 1 fully saturated rings. The number of amides is 1. The molecule has 1 amide bonds. The van der Waals surface area contributed by atoms with Crippen LogP contribution in [-0.4, -0.2) is 27.1 Å². The Morgan fingerprint density at radius 1 is 1.29 bits per heavy atom. The molecule has 0 atom stereocenters. The van der Waals surface area contributed by atoms with Gasteiger partial charge in [-0.1, -0.05) is 12.5 Å². The molecular formula is C15H20N2O3S. The zero-order valence-electron chi connectivity index (χ0n) is 12.1. The fourth-order valence-corrected chi connectivity index (χ4v) is 3.87. The summed E-state index contributed by atoms with van der Waals surface area (Å²) in [6.45, 7) is 0.506. The minimum absolute atomic E-state index is 0.0444. The van der Waals surface area contributed by atoms with Crippen LogP contribution in [0.4, 0.5) is 11.4 Å². The van der Waals surface area contributed by atoms with Gasteiger partial charge in [-0.25, -0.2) is 8.42 Å². The first kappa shape index (κ1) is 14.4. The first-order valence-electron chi connectivity index (χ1n) is 7.36. The second kappa shape index (κ2) is 5.33. The second-order valence-corrected chi connectivity index (χ2v) is 7.81. The molecule has 0 radical (unpaired) electrons. The minimum atomic E-state index is -3.27. The summed E-state index contributed by atoms with van der Waals surface area (Å²) in [6.07, 6.45) is 5.94. The highest BCUT2D eigenvalue weighted by Gasteiger charge is 2.27. The van der Waals surface area contributed by atoms with E-state index in [0.717, 1.165) is 37.7 Å². The van der Waals surface area contributed by atoms with Gasteiger partial charge >= 0.3 is 0 Å². The van der Waals surface area contributed by atoms with Crippen molar-refractivity contribution in [3.05, 3.63) is 23.8 Å². The van der Waals surface area contributed by atoms with Crippen molar-refractivity contribution in [2.45, 2.75) is 32.1 Å². The molecule has 1 aliphatic heterocycles. The van der Waals surface area contributed by atoms with E-state index in [1.54, 1.807) is 6.07 Å². The third kappa shape index (κ3) is 2.90. The number of aryl methyl sites for hydroxylation is 1. The van der Waals surface area contributed by atoms with Crippen molar-refractivity contribution in [2.75, 3.05) is 22.4 Å². The Bertz CT molecular complexity index is 665. The summed E-state index contributed by atoms with van der Waals surface area (Å²) < 4.78 is 25.2. The SMILES string of the molecule is CS(=O)(=O)N1CCCc2ccc(NC(=O)C3CCC3)cc21. The molecule has 0 aromatic heterocycles. The molecule has 1 N–H and O–H groups in total. The highest BCUT2D eigenvalue weighted by molar-refractivity contribution is 7.92. The van der Waals surface area contributed by atoms with E-state index in [1.807, 2.05) is 12.1 Å². The van der Waals surface area contributed by atoms with Gasteiger partial charge in [0.2, 0.25) is 15.9 Å². The Labute approximate surface area is 125 Å². The summed E-state index contributed by atoms with van der Waals surface area (Å²) in [5.41, 5.74) is 2.41. The van der Waals surface area contributed by atoms with Gasteiger partial charge in [0, 0.05) is 18.2 Å². The number of nitrogens with zero attached hydrogens (tertiary/aromatic N) is 1. The Hall–Kier alpha value is -1.56. The van der Waals surface area contributed by atoms with Gasteiger partial charge in [-0.15, -0.1) is 0 Å². The molecule has 6 heteroatoms. The van der Waals surface area contributed by atoms with E-state index < -0.39 is 10.0 Å². The summed E-state index contributed by atoms with van der Waals surface area (Å²) in [5, 5.41) is 2.91. The van der Waals surface area contributed by atoms with E-state index in [0.29, 0.717) is 17.9 Å². The van der Waals surface area contributed by atoms with Crippen LogP contribution in [0.15, 0.2) is 18.2 Å². The number of nitrogens with one attached hydrogen (secondary N) is 1. The van der Waals surface area contributed by atoms with Crippen LogP contribution < -0.4 is 9.62 Å². The van der Waals surface area contributed by atoms with Gasteiger partial charge in [-0.3, -0.25) is 9.10 Å². The predicted molar refractivity (Wildman–Crippen MR) is 82.9 cm³/mol. The van der Waals surface area contributed by atoms with Crippen LogP contribution >= 0.6 is 0 Å². The number of carbonyl (C=O) groups excluding carboxylic acids is 1. The maximum absolute atomic E-state index is 12.0. The molecule has 1 saturated carbocycles. The fraction of sp³-hybridized carbons (Fsp3) is 0.533. The molecule has 3 rings (SSSR count). The van der Waals surface area contributed by atoms with Crippen LogP contribution in [0.2, 0.25) is 0 Å². The zero-order valence-corrected chi connectivity index (χ0v) is 12.9. The molecule has 5 nitrogen and oxygen atoms in total. The van der Waals surface area contributed by atoms with E-state index in [1.165, 1.54) is 10.6 Å². The molecule has 21 heavy (non-hydrogen) atoms. The van der Waals surface area contributed by atoms with Crippen molar-refractivity contribution in [1.82, 2.24) is 0 Å². The lowest BCUT2D eigenvalue weighted by atomic mass is 9.85. The van der Waals surface area contributed by atoms with E-state index in [2.05, 4.69) is 5.32 Å². The van der Waals surface area contributed by atoms with E-state index >= 15 is 0 Å². The van der Waals surface area contributed by atoms with Crippen LogP contribution in [0, 0.1) is 5.92 Å². The van der Waals surface area contributed by atoms with Gasteiger partial charge in [0.15, 0.2) is 0 Å². The predicted octanol–water partition coefficient (Wildman–Crippen LogP) is 2.14. The van der Waals surface area contributed by atoms with Gasteiger partial charge in [-0.2, -0.15) is 0 Å². The average Bonchev–Trinajstić information content (AvgIpc) is 2.34. The quantitative estimate of drug-likeness (QED) is 0.930. The normalized spacial score (nSPS) is 18.8. The third-order valence-electron chi connectivity index (χ3n) is 4.31. The van der Waals surface area contributed by atoms with Gasteiger partial charge in [0.1, 0.15) is 0 Å². The third-order valence-corrected chi connectivity index (χ3v) is 5.49. The van der Waals surface area contributed by atoms with Crippen LogP contribution in [0.5, 0.6) is 0 Å². The topological polar surface area (TPSA) is 66.5 Å². The van der Waals surface area contributed by atoms with Crippen molar-refractivity contribution < 1.29 is 13.2 Å². The number of carbonyl (C=O) groups is 1. The lowest BCUT2D eigenvalue weighted by Gasteiger charge is -2.30. The lowest BCUT2D eigenvalue weighted by Crippen LogP contribution is -2.34.